The Balaban J connectivity index is 2.46. The third kappa shape index (κ3) is 3.98. The maximum absolute atomic E-state index is 11.3. The van der Waals surface area contributed by atoms with Crippen LogP contribution in [0.25, 0.3) is 0 Å². The number of aliphatic carboxylic acids is 1. The lowest BCUT2D eigenvalue weighted by molar-refractivity contribution is -0.140. The molecular weight excluding hydrogens is 284 g/mol. The number of carboxylic acids is 1. The summed E-state index contributed by atoms with van der Waals surface area (Å²) in [5.74, 6) is -1.59. The SMILES string of the molecule is NC(CC(=O)Nc1ccc(Br)s1)C(=O)O. The van der Waals surface area contributed by atoms with Crippen molar-refractivity contribution in [1.29, 1.82) is 0 Å². The second-order valence-corrected chi connectivity index (χ2v) is 5.26. The first-order valence-electron chi connectivity index (χ1n) is 4.02. The zero-order chi connectivity index (χ0) is 11.4. The maximum atomic E-state index is 11.3. The number of nitrogens with one attached hydrogen (secondary N) is 1. The highest BCUT2D eigenvalue weighted by Gasteiger charge is 2.16. The van der Waals surface area contributed by atoms with Gasteiger partial charge in [-0.3, -0.25) is 9.59 Å². The molecule has 0 fully saturated rings. The lowest BCUT2D eigenvalue weighted by Gasteiger charge is -2.05. The van der Waals surface area contributed by atoms with E-state index in [0.29, 0.717) is 5.00 Å². The first kappa shape index (κ1) is 12.2. The Kier molecular flexibility index (Phi) is 4.25. The molecule has 0 saturated carbocycles. The molecule has 0 aromatic carbocycles. The largest absolute Gasteiger partial charge is 0.480 e. The predicted molar refractivity (Wildman–Crippen MR) is 60.9 cm³/mol. The summed E-state index contributed by atoms with van der Waals surface area (Å²) in [5.41, 5.74) is 5.21. The van der Waals surface area contributed by atoms with E-state index >= 15 is 0 Å². The van der Waals surface area contributed by atoms with Crippen molar-refractivity contribution in [2.45, 2.75) is 12.5 Å². The summed E-state index contributed by atoms with van der Waals surface area (Å²) < 4.78 is 0.889. The number of halogens is 1. The summed E-state index contributed by atoms with van der Waals surface area (Å²) in [5, 5.41) is 11.7. The van der Waals surface area contributed by atoms with Gasteiger partial charge in [0.05, 0.1) is 15.2 Å². The molecule has 1 aromatic rings. The van der Waals surface area contributed by atoms with Crippen molar-refractivity contribution in [3.63, 3.8) is 0 Å². The van der Waals surface area contributed by atoms with Crippen LogP contribution in [0.15, 0.2) is 15.9 Å². The molecule has 1 unspecified atom stereocenters. The highest BCUT2D eigenvalue weighted by atomic mass is 79.9. The number of amides is 1. The predicted octanol–water partition coefficient (Wildman–Crippen LogP) is 1.25. The van der Waals surface area contributed by atoms with Crippen LogP contribution in [-0.2, 0) is 9.59 Å². The molecule has 4 N–H and O–H groups in total. The fourth-order valence-electron chi connectivity index (χ4n) is 0.857. The van der Waals surface area contributed by atoms with E-state index in [0.717, 1.165) is 3.79 Å². The number of hydrogen-bond acceptors (Lipinski definition) is 4. The summed E-state index contributed by atoms with van der Waals surface area (Å²) in [4.78, 5) is 21.7. The molecule has 5 nitrogen and oxygen atoms in total. The van der Waals surface area contributed by atoms with Crippen LogP contribution in [-0.4, -0.2) is 23.0 Å². The van der Waals surface area contributed by atoms with Gasteiger partial charge in [-0.2, -0.15) is 0 Å². The molecule has 0 aliphatic rings. The fraction of sp³-hybridized carbons (Fsp3) is 0.250. The second kappa shape index (κ2) is 5.24. The quantitative estimate of drug-likeness (QED) is 0.779. The Hall–Kier alpha value is -0.920. The normalized spacial score (nSPS) is 12.1. The zero-order valence-electron chi connectivity index (χ0n) is 7.57. The molecule has 0 aliphatic heterocycles. The second-order valence-electron chi connectivity index (χ2n) is 2.80. The third-order valence-corrected chi connectivity index (χ3v) is 3.10. The van der Waals surface area contributed by atoms with Gasteiger partial charge in [-0.05, 0) is 28.1 Å². The molecule has 1 atom stereocenters. The topological polar surface area (TPSA) is 92.4 Å². The minimum atomic E-state index is -1.18. The van der Waals surface area contributed by atoms with Gasteiger partial charge in [0, 0.05) is 0 Å². The van der Waals surface area contributed by atoms with Gasteiger partial charge in [-0.15, -0.1) is 11.3 Å². The van der Waals surface area contributed by atoms with Crippen molar-refractivity contribution in [1.82, 2.24) is 0 Å². The molecular formula is C8H9BrN2O3S. The van der Waals surface area contributed by atoms with Crippen molar-refractivity contribution in [3.05, 3.63) is 15.9 Å². The number of nitrogens with two attached hydrogens (primary N) is 1. The number of hydrogen-bond donors (Lipinski definition) is 3. The van der Waals surface area contributed by atoms with Crippen LogP contribution < -0.4 is 11.1 Å². The van der Waals surface area contributed by atoms with Gasteiger partial charge in [0.25, 0.3) is 0 Å². The fourth-order valence-corrected chi connectivity index (χ4v) is 2.16. The monoisotopic (exact) mass is 292 g/mol. The Labute approximate surface area is 98.4 Å². The van der Waals surface area contributed by atoms with E-state index in [-0.39, 0.29) is 6.42 Å². The minimum absolute atomic E-state index is 0.231. The summed E-state index contributed by atoms with van der Waals surface area (Å²) in [6.45, 7) is 0. The van der Waals surface area contributed by atoms with E-state index < -0.39 is 17.9 Å². The highest BCUT2D eigenvalue weighted by molar-refractivity contribution is 9.11. The standard InChI is InChI=1S/C8H9BrN2O3S/c9-5-1-2-7(15-5)11-6(12)3-4(10)8(13)14/h1-2,4H,3,10H2,(H,11,12)(H,13,14). The average Bonchev–Trinajstić information content (AvgIpc) is 2.50. The van der Waals surface area contributed by atoms with Crippen LogP contribution in [0.5, 0.6) is 0 Å². The first-order chi connectivity index (χ1) is 6.99. The molecule has 0 bridgehead atoms. The third-order valence-electron chi connectivity index (χ3n) is 1.56. The van der Waals surface area contributed by atoms with Crippen LogP contribution >= 0.6 is 27.3 Å². The Morgan fingerprint density at radius 3 is 2.73 bits per heavy atom. The van der Waals surface area contributed by atoms with Gasteiger partial charge >= 0.3 is 5.97 Å². The van der Waals surface area contributed by atoms with Crippen molar-refractivity contribution in [2.24, 2.45) is 5.73 Å². The number of rotatable bonds is 4. The first-order valence-corrected chi connectivity index (χ1v) is 5.63. The van der Waals surface area contributed by atoms with Gasteiger partial charge in [-0.1, -0.05) is 0 Å². The summed E-state index contributed by atoms with van der Waals surface area (Å²) in [6.07, 6.45) is -0.231. The van der Waals surface area contributed by atoms with Crippen molar-refractivity contribution >= 4 is 44.1 Å². The molecule has 1 rings (SSSR count). The van der Waals surface area contributed by atoms with Gasteiger partial charge < -0.3 is 16.2 Å². The van der Waals surface area contributed by atoms with E-state index in [4.69, 9.17) is 10.8 Å². The number of carbonyl (C=O) groups excluding carboxylic acids is 1. The summed E-state index contributed by atoms with van der Waals surface area (Å²) >= 11 is 4.59. The molecule has 82 valence electrons. The van der Waals surface area contributed by atoms with E-state index in [1.807, 2.05) is 0 Å². The Morgan fingerprint density at radius 2 is 2.27 bits per heavy atom. The average molecular weight is 293 g/mol. The number of carboxylic acid groups (broad SMARTS) is 1. The number of anilines is 1. The molecule has 1 amide bonds. The molecule has 0 saturated heterocycles. The molecule has 1 heterocycles. The Morgan fingerprint density at radius 1 is 1.60 bits per heavy atom. The molecule has 15 heavy (non-hydrogen) atoms. The Bertz CT molecular complexity index is 380. The van der Waals surface area contributed by atoms with Crippen LogP contribution in [0.3, 0.4) is 0 Å². The van der Waals surface area contributed by atoms with Crippen LogP contribution in [0.1, 0.15) is 6.42 Å². The van der Waals surface area contributed by atoms with E-state index in [2.05, 4.69) is 21.2 Å². The minimum Gasteiger partial charge on any atom is -0.480 e. The molecule has 0 spiro atoms. The van der Waals surface area contributed by atoms with E-state index in [9.17, 15) is 9.59 Å². The molecule has 7 heteroatoms. The van der Waals surface area contributed by atoms with Crippen LogP contribution in [0.4, 0.5) is 5.00 Å². The smallest absolute Gasteiger partial charge is 0.321 e. The van der Waals surface area contributed by atoms with Gasteiger partial charge in [0.2, 0.25) is 5.91 Å². The van der Waals surface area contributed by atoms with Gasteiger partial charge in [0.1, 0.15) is 6.04 Å². The van der Waals surface area contributed by atoms with Crippen molar-refractivity contribution in [3.8, 4) is 0 Å². The molecule has 0 radical (unpaired) electrons. The lowest BCUT2D eigenvalue weighted by atomic mass is 10.2. The number of thiophene rings is 1. The van der Waals surface area contributed by atoms with E-state index in [1.165, 1.54) is 11.3 Å². The number of carbonyl (C=O) groups is 2. The molecule has 1 aromatic heterocycles. The maximum Gasteiger partial charge on any atom is 0.321 e. The van der Waals surface area contributed by atoms with Crippen LogP contribution in [0, 0.1) is 0 Å². The lowest BCUT2D eigenvalue weighted by Crippen LogP contribution is -2.34. The van der Waals surface area contributed by atoms with Crippen molar-refractivity contribution in [2.75, 3.05) is 5.32 Å². The zero-order valence-corrected chi connectivity index (χ0v) is 9.97. The summed E-state index contributed by atoms with van der Waals surface area (Å²) in [7, 11) is 0. The van der Waals surface area contributed by atoms with Crippen LogP contribution in [0.2, 0.25) is 0 Å². The summed E-state index contributed by atoms with van der Waals surface area (Å²) in [6, 6.07) is 2.35. The molecule has 0 aliphatic carbocycles. The highest BCUT2D eigenvalue weighted by Crippen LogP contribution is 2.26. The van der Waals surface area contributed by atoms with Gasteiger partial charge in [-0.25, -0.2) is 0 Å². The van der Waals surface area contributed by atoms with Crippen molar-refractivity contribution < 1.29 is 14.7 Å². The van der Waals surface area contributed by atoms with E-state index in [1.54, 1.807) is 12.1 Å². The van der Waals surface area contributed by atoms with Gasteiger partial charge in [0.15, 0.2) is 0 Å².